The number of halogens is 1. The highest BCUT2D eigenvalue weighted by atomic mass is 79.9. The summed E-state index contributed by atoms with van der Waals surface area (Å²) in [6.45, 7) is 3.86. The molecule has 0 aromatic heterocycles. The zero-order valence-electron chi connectivity index (χ0n) is 16.4. The minimum atomic E-state index is -0.500. The number of esters is 1. The fourth-order valence-corrected chi connectivity index (χ4v) is 3.09. The van der Waals surface area contributed by atoms with Gasteiger partial charge in [-0.2, -0.15) is 5.26 Å². The van der Waals surface area contributed by atoms with E-state index in [2.05, 4.69) is 22.0 Å². The van der Waals surface area contributed by atoms with Gasteiger partial charge in [-0.05, 0) is 71.2 Å². The zero-order chi connectivity index (χ0) is 22.1. The van der Waals surface area contributed by atoms with Gasteiger partial charge in [0.2, 0.25) is 0 Å². The number of ether oxygens (including phenoxy) is 3. The lowest BCUT2D eigenvalue weighted by molar-refractivity contribution is -0.384. The molecule has 0 heterocycles. The maximum atomic E-state index is 11.6. The Balaban J connectivity index is 2.36. The Morgan fingerprint density at radius 3 is 2.47 bits per heavy atom. The number of nitriles is 1. The molecule has 2 aromatic rings. The number of benzene rings is 2. The summed E-state index contributed by atoms with van der Waals surface area (Å²) in [6.07, 6.45) is 1.63. The summed E-state index contributed by atoms with van der Waals surface area (Å²) in [7, 11) is 0. The predicted octanol–water partition coefficient (Wildman–Crippen LogP) is 4.76. The van der Waals surface area contributed by atoms with Gasteiger partial charge in [-0.1, -0.05) is 0 Å². The van der Waals surface area contributed by atoms with Crippen molar-refractivity contribution in [1.29, 1.82) is 5.26 Å². The highest BCUT2D eigenvalue weighted by Gasteiger charge is 2.15. The molecule has 0 unspecified atom stereocenters. The Labute approximate surface area is 181 Å². The van der Waals surface area contributed by atoms with Gasteiger partial charge in [0.25, 0.3) is 5.69 Å². The Kier molecular flexibility index (Phi) is 8.38. The van der Waals surface area contributed by atoms with Gasteiger partial charge in [0, 0.05) is 12.1 Å². The molecule has 2 aromatic carbocycles. The molecule has 0 bridgehead atoms. The van der Waals surface area contributed by atoms with Crippen molar-refractivity contribution in [3.05, 3.63) is 62.1 Å². The molecule has 0 saturated heterocycles. The average Bonchev–Trinajstić information content (AvgIpc) is 2.72. The number of nitro groups is 1. The molecule has 0 aliphatic carbocycles. The maximum Gasteiger partial charge on any atom is 0.344 e. The highest BCUT2D eigenvalue weighted by molar-refractivity contribution is 9.10. The van der Waals surface area contributed by atoms with E-state index in [1.807, 2.05) is 6.92 Å². The Morgan fingerprint density at radius 2 is 1.90 bits per heavy atom. The number of allylic oxidation sites excluding steroid dienone is 1. The van der Waals surface area contributed by atoms with E-state index in [1.165, 1.54) is 24.3 Å². The second-order valence-corrected chi connectivity index (χ2v) is 6.68. The van der Waals surface area contributed by atoms with Crippen molar-refractivity contribution in [3.8, 4) is 17.6 Å². The van der Waals surface area contributed by atoms with Crippen molar-refractivity contribution in [3.63, 3.8) is 0 Å². The van der Waals surface area contributed by atoms with E-state index in [0.29, 0.717) is 39.3 Å². The molecular weight excluding hydrogens is 456 g/mol. The van der Waals surface area contributed by atoms with Crippen molar-refractivity contribution in [2.24, 2.45) is 0 Å². The molecule has 0 amide bonds. The Morgan fingerprint density at radius 1 is 1.20 bits per heavy atom. The van der Waals surface area contributed by atoms with Gasteiger partial charge in [-0.3, -0.25) is 10.1 Å². The predicted molar refractivity (Wildman–Crippen MR) is 114 cm³/mol. The Bertz CT molecular complexity index is 996. The van der Waals surface area contributed by atoms with Gasteiger partial charge in [-0.15, -0.1) is 0 Å². The van der Waals surface area contributed by atoms with Crippen LogP contribution in [-0.2, 0) is 9.53 Å². The van der Waals surface area contributed by atoms with Crippen LogP contribution >= 0.6 is 15.9 Å². The van der Waals surface area contributed by atoms with Gasteiger partial charge in [-0.25, -0.2) is 4.79 Å². The first-order valence-corrected chi connectivity index (χ1v) is 9.80. The normalized spacial score (nSPS) is 10.8. The molecule has 0 radical (unpaired) electrons. The largest absolute Gasteiger partial charge is 0.490 e. The van der Waals surface area contributed by atoms with Crippen molar-refractivity contribution in [2.45, 2.75) is 13.8 Å². The monoisotopic (exact) mass is 474 g/mol. The summed E-state index contributed by atoms with van der Waals surface area (Å²) in [6, 6.07) is 11.2. The van der Waals surface area contributed by atoms with E-state index in [4.69, 9.17) is 14.2 Å². The second-order valence-electron chi connectivity index (χ2n) is 5.83. The second kappa shape index (κ2) is 11.0. The SMILES string of the molecule is CCOC(=O)COc1c(Br)cc(/C=C(/C#N)c2ccc([N+](=O)[O-])cc2)cc1OCC. The summed E-state index contributed by atoms with van der Waals surface area (Å²) in [5, 5.41) is 20.3. The molecule has 9 heteroatoms. The fraction of sp³-hybridized carbons (Fsp3) is 0.238. The van der Waals surface area contributed by atoms with Crippen LogP contribution in [0.15, 0.2) is 40.9 Å². The lowest BCUT2D eigenvalue weighted by atomic mass is 10.0. The summed E-state index contributed by atoms with van der Waals surface area (Å²) in [5.41, 5.74) is 1.45. The van der Waals surface area contributed by atoms with Crippen LogP contribution < -0.4 is 9.47 Å². The summed E-state index contributed by atoms with van der Waals surface area (Å²) >= 11 is 3.41. The first kappa shape index (κ1) is 22.9. The summed E-state index contributed by atoms with van der Waals surface area (Å²) in [4.78, 5) is 21.9. The van der Waals surface area contributed by atoms with Gasteiger partial charge in [0.05, 0.1) is 34.3 Å². The van der Waals surface area contributed by atoms with Crippen LogP contribution in [0.4, 0.5) is 5.69 Å². The zero-order valence-corrected chi connectivity index (χ0v) is 18.0. The number of nitrogens with zero attached hydrogens (tertiary/aromatic N) is 2. The number of non-ortho nitro benzene ring substituents is 1. The van der Waals surface area contributed by atoms with Crippen LogP contribution in [0.3, 0.4) is 0 Å². The smallest absolute Gasteiger partial charge is 0.344 e. The molecule has 30 heavy (non-hydrogen) atoms. The minimum absolute atomic E-state index is 0.0551. The van der Waals surface area contributed by atoms with Crippen LogP contribution in [0.1, 0.15) is 25.0 Å². The molecule has 8 nitrogen and oxygen atoms in total. The van der Waals surface area contributed by atoms with E-state index in [0.717, 1.165) is 0 Å². The maximum absolute atomic E-state index is 11.6. The third kappa shape index (κ3) is 6.06. The molecule has 0 N–H and O–H groups in total. The van der Waals surface area contributed by atoms with Crippen LogP contribution in [0, 0.1) is 21.4 Å². The molecule has 2 rings (SSSR count). The van der Waals surface area contributed by atoms with Crippen LogP contribution in [-0.4, -0.2) is 30.7 Å². The quantitative estimate of drug-likeness (QED) is 0.169. The number of hydrogen-bond donors (Lipinski definition) is 0. The molecule has 0 aliphatic rings. The lowest BCUT2D eigenvalue weighted by Gasteiger charge is -2.14. The number of nitro benzene ring substituents is 1. The minimum Gasteiger partial charge on any atom is -0.490 e. The summed E-state index contributed by atoms with van der Waals surface area (Å²) in [5.74, 6) is 0.236. The van der Waals surface area contributed by atoms with Crippen molar-refractivity contribution in [1.82, 2.24) is 0 Å². The topological polar surface area (TPSA) is 112 Å². The highest BCUT2D eigenvalue weighted by Crippen LogP contribution is 2.38. The van der Waals surface area contributed by atoms with Crippen molar-refractivity contribution >= 4 is 39.2 Å². The fourth-order valence-electron chi connectivity index (χ4n) is 2.52. The number of hydrogen-bond acceptors (Lipinski definition) is 7. The average molecular weight is 475 g/mol. The first-order chi connectivity index (χ1) is 14.4. The Hall–Kier alpha value is -3.38. The molecule has 0 fully saturated rings. The van der Waals surface area contributed by atoms with Gasteiger partial charge in [0.15, 0.2) is 18.1 Å². The molecule has 0 spiro atoms. The van der Waals surface area contributed by atoms with E-state index < -0.39 is 10.9 Å². The number of carbonyl (C=O) groups excluding carboxylic acids is 1. The molecule has 0 atom stereocenters. The van der Waals surface area contributed by atoms with Crippen molar-refractivity contribution < 1.29 is 23.9 Å². The van der Waals surface area contributed by atoms with Crippen LogP contribution in [0.5, 0.6) is 11.5 Å². The van der Waals surface area contributed by atoms with E-state index in [1.54, 1.807) is 25.1 Å². The first-order valence-electron chi connectivity index (χ1n) is 9.01. The van der Waals surface area contributed by atoms with Gasteiger partial charge >= 0.3 is 5.97 Å². The van der Waals surface area contributed by atoms with Crippen molar-refractivity contribution in [2.75, 3.05) is 19.8 Å². The third-order valence-corrected chi connectivity index (χ3v) is 4.38. The molecule has 0 saturated carbocycles. The molecule has 0 aliphatic heterocycles. The van der Waals surface area contributed by atoms with Crippen LogP contribution in [0.2, 0.25) is 0 Å². The van der Waals surface area contributed by atoms with E-state index >= 15 is 0 Å². The molecule has 156 valence electrons. The van der Waals surface area contributed by atoms with Crippen LogP contribution in [0.25, 0.3) is 11.6 Å². The van der Waals surface area contributed by atoms with Gasteiger partial charge in [0.1, 0.15) is 0 Å². The standard InChI is InChI=1S/C21H19BrN2O6/c1-3-28-19-11-14(10-18(22)21(19)30-13-20(25)29-4-2)9-16(12-23)15-5-7-17(8-6-15)24(26)27/h5-11H,3-4,13H2,1-2H3/b16-9-. The third-order valence-electron chi connectivity index (χ3n) is 3.79. The van der Waals surface area contributed by atoms with Gasteiger partial charge < -0.3 is 14.2 Å². The summed E-state index contributed by atoms with van der Waals surface area (Å²) < 4.78 is 16.6. The van der Waals surface area contributed by atoms with E-state index in [-0.39, 0.29) is 18.9 Å². The number of carbonyl (C=O) groups is 1. The molecular formula is C21H19BrN2O6. The lowest BCUT2D eigenvalue weighted by Crippen LogP contribution is -2.15. The number of rotatable bonds is 9. The van der Waals surface area contributed by atoms with E-state index in [9.17, 15) is 20.2 Å².